The highest BCUT2D eigenvalue weighted by molar-refractivity contribution is 5.93. The average molecular weight is 188 g/mol. The van der Waals surface area contributed by atoms with Crippen molar-refractivity contribution in [2.45, 2.75) is 18.9 Å². The summed E-state index contributed by atoms with van der Waals surface area (Å²) in [5.41, 5.74) is -1.93. The van der Waals surface area contributed by atoms with Crippen molar-refractivity contribution in [1.29, 1.82) is 0 Å². The van der Waals surface area contributed by atoms with E-state index in [0.29, 0.717) is 0 Å². The number of carbonyl (C=O) groups excluding carboxylic acids is 1. The number of hydrogen-bond donors (Lipinski definition) is 2. The van der Waals surface area contributed by atoms with Gasteiger partial charge in [0.05, 0.1) is 6.42 Å². The van der Waals surface area contributed by atoms with E-state index in [2.05, 4.69) is 4.74 Å². The number of cyclic esters (lactones) is 1. The molecule has 2 unspecified atom stereocenters. The molecule has 2 atom stereocenters. The third-order valence-corrected chi connectivity index (χ3v) is 2.08. The predicted molar refractivity (Wildman–Crippen MR) is 37.9 cm³/mol. The molecular weight excluding hydrogens is 180 g/mol. The number of hydrogen-bond acceptors (Lipinski definition) is 4. The predicted octanol–water partition coefficient (Wildman–Crippen LogP) is -0.523. The molecule has 0 saturated carbocycles. The van der Waals surface area contributed by atoms with E-state index in [4.69, 9.17) is 10.2 Å². The molecule has 0 aromatic carbocycles. The molecule has 0 aromatic heterocycles. The smallest absolute Gasteiger partial charge is 0.348 e. The van der Waals surface area contributed by atoms with Crippen LogP contribution >= 0.6 is 0 Å². The van der Waals surface area contributed by atoms with Crippen molar-refractivity contribution < 1.29 is 29.3 Å². The van der Waals surface area contributed by atoms with Gasteiger partial charge in [0.25, 0.3) is 0 Å². The van der Waals surface area contributed by atoms with Gasteiger partial charge >= 0.3 is 17.9 Å². The van der Waals surface area contributed by atoms with Gasteiger partial charge in [-0.2, -0.15) is 0 Å². The molecule has 13 heavy (non-hydrogen) atoms. The van der Waals surface area contributed by atoms with E-state index in [9.17, 15) is 14.4 Å². The van der Waals surface area contributed by atoms with E-state index < -0.39 is 35.8 Å². The summed E-state index contributed by atoms with van der Waals surface area (Å²) in [5, 5.41) is 17.3. The Balaban J connectivity index is 3.01. The van der Waals surface area contributed by atoms with Crippen LogP contribution in [0.3, 0.4) is 0 Å². The Labute approximate surface area is 73.1 Å². The van der Waals surface area contributed by atoms with Crippen LogP contribution < -0.4 is 0 Å². The molecule has 1 fully saturated rings. The molecule has 1 aliphatic rings. The van der Waals surface area contributed by atoms with Crippen LogP contribution in [0.5, 0.6) is 0 Å². The highest BCUT2D eigenvalue weighted by Gasteiger charge is 2.55. The SMILES string of the molecule is CC1(C(=O)O)OC(=O)CC1C(=O)O. The van der Waals surface area contributed by atoms with Crippen molar-refractivity contribution >= 4 is 17.9 Å². The fraction of sp³-hybridized carbons (Fsp3) is 0.571. The molecule has 72 valence electrons. The Kier molecular flexibility index (Phi) is 1.99. The van der Waals surface area contributed by atoms with Crippen molar-refractivity contribution in [3.8, 4) is 0 Å². The number of rotatable bonds is 2. The zero-order valence-electron chi connectivity index (χ0n) is 6.81. The summed E-state index contributed by atoms with van der Waals surface area (Å²) in [6.45, 7) is 1.08. The second-order valence-corrected chi connectivity index (χ2v) is 2.98. The fourth-order valence-electron chi connectivity index (χ4n) is 1.23. The van der Waals surface area contributed by atoms with Gasteiger partial charge in [-0.15, -0.1) is 0 Å². The van der Waals surface area contributed by atoms with Crippen molar-refractivity contribution in [3.63, 3.8) is 0 Å². The summed E-state index contributed by atoms with van der Waals surface area (Å²) in [4.78, 5) is 31.9. The summed E-state index contributed by atoms with van der Waals surface area (Å²) in [6.07, 6.45) is -0.391. The Bertz CT molecular complexity index is 283. The van der Waals surface area contributed by atoms with Gasteiger partial charge in [0.2, 0.25) is 5.60 Å². The highest BCUT2D eigenvalue weighted by Crippen LogP contribution is 2.33. The number of aliphatic carboxylic acids is 2. The lowest BCUT2D eigenvalue weighted by Gasteiger charge is -2.21. The van der Waals surface area contributed by atoms with Crippen molar-refractivity contribution in [2.24, 2.45) is 5.92 Å². The quantitative estimate of drug-likeness (QED) is 0.565. The van der Waals surface area contributed by atoms with Gasteiger partial charge < -0.3 is 14.9 Å². The summed E-state index contributed by atoms with van der Waals surface area (Å²) < 4.78 is 4.46. The largest absolute Gasteiger partial charge is 0.481 e. The van der Waals surface area contributed by atoms with Gasteiger partial charge in [-0.05, 0) is 6.92 Å². The van der Waals surface area contributed by atoms with Gasteiger partial charge in [-0.1, -0.05) is 0 Å². The Morgan fingerprint density at radius 3 is 2.38 bits per heavy atom. The third-order valence-electron chi connectivity index (χ3n) is 2.08. The second-order valence-electron chi connectivity index (χ2n) is 2.98. The van der Waals surface area contributed by atoms with Gasteiger partial charge in [-0.3, -0.25) is 9.59 Å². The molecular formula is C7H8O6. The van der Waals surface area contributed by atoms with Crippen LogP contribution in [-0.4, -0.2) is 33.7 Å². The first kappa shape index (κ1) is 9.50. The summed E-state index contributed by atoms with van der Waals surface area (Å²) in [5.74, 6) is -4.88. The molecule has 2 N–H and O–H groups in total. The van der Waals surface area contributed by atoms with E-state index >= 15 is 0 Å². The molecule has 0 radical (unpaired) electrons. The first-order valence-corrected chi connectivity index (χ1v) is 3.56. The number of carboxylic acid groups (broad SMARTS) is 2. The van der Waals surface area contributed by atoms with Crippen LogP contribution in [0.15, 0.2) is 0 Å². The van der Waals surface area contributed by atoms with Crippen LogP contribution in [0.1, 0.15) is 13.3 Å². The minimum Gasteiger partial charge on any atom is -0.481 e. The van der Waals surface area contributed by atoms with Gasteiger partial charge in [-0.25, -0.2) is 4.79 Å². The molecule has 6 heteroatoms. The normalized spacial score (nSPS) is 32.7. The Morgan fingerprint density at radius 1 is 1.54 bits per heavy atom. The van der Waals surface area contributed by atoms with Gasteiger partial charge in [0, 0.05) is 0 Å². The van der Waals surface area contributed by atoms with E-state index in [-0.39, 0.29) is 0 Å². The lowest BCUT2D eigenvalue weighted by molar-refractivity contribution is -0.174. The summed E-state index contributed by atoms with van der Waals surface area (Å²) in [6, 6.07) is 0. The topological polar surface area (TPSA) is 101 Å². The van der Waals surface area contributed by atoms with E-state index in [0.717, 1.165) is 6.92 Å². The molecule has 1 rings (SSSR count). The van der Waals surface area contributed by atoms with Crippen molar-refractivity contribution in [2.75, 3.05) is 0 Å². The number of esters is 1. The first-order valence-electron chi connectivity index (χ1n) is 3.56. The maximum atomic E-state index is 10.7. The number of ether oxygens (including phenoxy) is 1. The zero-order valence-corrected chi connectivity index (χ0v) is 6.81. The van der Waals surface area contributed by atoms with Crippen molar-refractivity contribution in [1.82, 2.24) is 0 Å². The summed E-state index contributed by atoms with van der Waals surface area (Å²) in [7, 11) is 0. The van der Waals surface area contributed by atoms with Gasteiger partial charge in [0.15, 0.2) is 0 Å². The van der Waals surface area contributed by atoms with Crippen LogP contribution in [0.4, 0.5) is 0 Å². The molecule has 1 aliphatic heterocycles. The molecule has 0 spiro atoms. The van der Waals surface area contributed by atoms with Crippen molar-refractivity contribution in [3.05, 3.63) is 0 Å². The first-order chi connectivity index (χ1) is 5.88. The van der Waals surface area contributed by atoms with Crippen LogP contribution in [-0.2, 0) is 19.1 Å². The highest BCUT2D eigenvalue weighted by atomic mass is 16.6. The molecule has 0 bridgehead atoms. The minimum absolute atomic E-state index is 0.391. The zero-order chi connectivity index (χ0) is 10.2. The number of carbonyl (C=O) groups is 3. The maximum Gasteiger partial charge on any atom is 0.348 e. The van der Waals surface area contributed by atoms with E-state index in [1.165, 1.54) is 0 Å². The lowest BCUT2D eigenvalue weighted by Crippen LogP contribution is -2.44. The van der Waals surface area contributed by atoms with Crippen LogP contribution in [0, 0.1) is 5.92 Å². The molecule has 0 amide bonds. The molecule has 1 heterocycles. The Morgan fingerprint density at radius 2 is 2.08 bits per heavy atom. The van der Waals surface area contributed by atoms with Crippen LogP contribution in [0.25, 0.3) is 0 Å². The second kappa shape index (κ2) is 2.72. The molecule has 0 aromatic rings. The van der Waals surface area contributed by atoms with E-state index in [1.807, 2.05) is 0 Å². The number of carboxylic acids is 2. The standard InChI is InChI=1S/C7H8O6/c1-7(6(11)12)3(5(9)10)2-4(8)13-7/h3H,2H2,1H3,(H,9,10)(H,11,12). The molecule has 6 nitrogen and oxygen atoms in total. The van der Waals surface area contributed by atoms with Crippen LogP contribution in [0.2, 0.25) is 0 Å². The van der Waals surface area contributed by atoms with Gasteiger partial charge in [0.1, 0.15) is 5.92 Å². The third kappa shape index (κ3) is 1.34. The monoisotopic (exact) mass is 188 g/mol. The Hall–Kier alpha value is -1.59. The average Bonchev–Trinajstić information content (AvgIpc) is 2.27. The van der Waals surface area contributed by atoms with E-state index in [1.54, 1.807) is 0 Å². The lowest BCUT2D eigenvalue weighted by atomic mass is 9.89. The molecule has 0 aliphatic carbocycles. The summed E-state index contributed by atoms with van der Waals surface area (Å²) >= 11 is 0. The maximum absolute atomic E-state index is 10.7. The minimum atomic E-state index is -1.93. The fourth-order valence-corrected chi connectivity index (χ4v) is 1.23. The molecule has 1 saturated heterocycles.